The predicted octanol–water partition coefficient (Wildman–Crippen LogP) is 1.62. The standard InChI is InChI=1S/C8H16N2O.2C8H16N2.C8H15NO.C7H11N3.C7H14N2.C6H9N3/c1-9-2-3-10-4-5-11-7-8(10)6-9;1-10-5-3-8-7(6-10)2-4-9-8;1-9-5-6-10-4-2-3-8(10)7-9;1-9-3-2-7-5-10-6-8(7)4-9;1-9-4-5-10-3-2-8-7(10)6-9;1-9-4-6-2-8-3-7(6)5-9;1-2-4-9-5-7-8-6(9)3-1/h8H,2-7H2,1H3;7-9H,2-6H2,1H3;8H,2-7H2,1H3;7-8H,2-6H2,1H3;2-3H,4-6H2,1H3;6-8H,2-5H2,1H3;5H,1-4H2. The van der Waals surface area contributed by atoms with Gasteiger partial charge in [-0.15, -0.1) is 10.2 Å². The maximum atomic E-state index is 5.42. The second kappa shape index (κ2) is 27.2. The third-order valence-corrected chi connectivity index (χ3v) is 17.3. The maximum Gasteiger partial charge on any atom is 0.132 e. The molecule has 8 atom stereocenters. The number of aromatic nitrogens is 5. The number of hydrogen-bond acceptors (Lipinski definition) is 15. The lowest BCUT2D eigenvalue weighted by Gasteiger charge is -2.42. The van der Waals surface area contributed by atoms with Gasteiger partial charge < -0.3 is 53.7 Å². The summed E-state index contributed by atoms with van der Waals surface area (Å²) in [6, 6.07) is 2.43. The van der Waals surface area contributed by atoms with Gasteiger partial charge in [0.25, 0.3) is 0 Å². The molecule has 2 N–H and O–H groups in total. The van der Waals surface area contributed by atoms with Crippen LogP contribution in [0.4, 0.5) is 0 Å². The van der Waals surface area contributed by atoms with E-state index in [0.717, 1.165) is 113 Å². The number of piperazine rings is 2. The van der Waals surface area contributed by atoms with Gasteiger partial charge in [-0.3, -0.25) is 14.7 Å². The lowest BCUT2D eigenvalue weighted by molar-refractivity contribution is -0.0397. The molecule has 12 aliphatic rings. The molecule has 17 nitrogen and oxygen atoms in total. The highest BCUT2D eigenvalue weighted by atomic mass is 16.5. The van der Waals surface area contributed by atoms with E-state index in [1.165, 1.54) is 155 Å². The van der Waals surface area contributed by atoms with E-state index >= 15 is 0 Å². The summed E-state index contributed by atoms with van der Waals surface area (Å²) in [5, 5.41) is 14.8. The van der Waals surface area contributed by atoms with Crippen LogP contribution >= 0.6 is 0 Å². The van der Waals surface area contributed by atoms with Crippen LogP contribution in [-0.2, 0) is 35.5 Å². The molecule has 0 aromatic carbocycles. The van der Waals surface area contributed by atoms with Crippen LogP contribution in [0.2, 0.25) is 0 Å². The van der Waals surface area contributed by atoms with E-state index in [0.29, 0.717) is 6.04 Å². The van der Waals surface area contributed by atoms with Crippen molar-refractivity contribution >= 4 is 0 Å². The SMILES string of the molecule is CN1CC2CNCC2C1.CN1CCC2COCC2C1.CN1CCC2NCCC2C1.CN1CCN2CCCC2C1.CN1CCN2CCOCC2C1.CN1CCn2ccnc2C1.c1nnc2n1CCCC2. The summed E-state index contributed by atoms with van der Waals surface area (Å²) in [6.07, 6.45) is 16.4. The van der Waals surface area contributed by atoms with Crippen LogP contribution in [-0.4, -0.2) is 268 Å². The first kappa shape index (κ1) is 53.2. The number of morpholine rings is 1. The highest BCUT2D eigenvalue weighted by molar-refractivity contribution is 4.95. The minimum atomic E-state index is 0.669. The first-order valence-electron chi connectivity index (χ1n) is 27.7. The molecule has 0 radical (unpaired) electrons. The fraction of sp³-hybridized carbons (Fsp3) is 0.904. The van der Waals surface area contributed by atoms with Crippen molar-refractivity contribution in [3.63, 3.8) is 0 Å². The molecule has 2 aromatic rings. The van der Waals surface area contributed by atoms with Gasteiger partial charge in [0.05, 0.1) is 26.4 Å². The number of likely N-dealkylation sites (tertiary alicyclic amines) is 3. The summed E-state index contributed by atoms with van der Waals surface area (Å²) in [5.74, 6) is 6.97. The zero-order valence-corrected chi connectivity index (χ0v) is 44.3. The molecule has 14 heterocycles. The molecule has 0 aliphatic carbocycles. The van der Waals surface area contributed by atoms with Crippen molar-refractivity contribution in [2.24, 2.45) is 29.6 Å². The number of fused-ring (bicyclic) bond motifs is 7. The van der Waals surface area contributed by atoms with Crippen LogP contribution in [0.5, 0.6) is 0 Å². The molecule has 392 valence electrons. The minimum Gasteiger partial charge on any atom is -0.381 e. The van der Waals surface area contributed by atoms with E-state index in [1.807, 2.05) is 18.7 Å². The molecule has 10 fully saturated rings. The monoisotopic (exact) mass is 964 g/mol. The van der Waals surface area contributed by atoms with Gasteiger partial charge in [-0.1, -0.05) is 0 Å². The van der Waals surface area contributed by atoms with Crippen molar-refractivity contribution in [3.8, 4) is 0 Å². The Morgan fingerprint density at radius 3 is 2.01 bits per heavy atom. The molecular weight excluding hydrogens is 867 g/mol. The van der Waals surface area contributed by atoms with Gasteiger partial charge >= 0.3 is 0 Å². The number of piperidine rings is 2. The maximum absolute atomic E-state index is 5.42. The summed E-state index contributed by atoms with van der Waals surface area (Å²) in [7, 11) is 13.2. The molecule has 14 rings (SSSR count). The van der Waals surface area contributed by atoms with Crippen LogP contribution in [0, 0.1) is 29.6 Å². The molecule has 0 saturated carbocycles. The molecule has 2 aromatic heterocycles. The molecule has 0 amide bonds. The van der Waals surface area contributed by atoms with E-state index in [4.69, 9.17) is 9.47 Å². The Labute approximate surface area is 417 Å². The first-order chi connectivity index (χ1) is 33.6. The number of hydrogen-bond donors (Lipinski definition) is 2. The summed E-state index contributed by atoms with van der Waals surface area (Å²) in [5.41, 5.74) is 0. The van der Waals surface area contributed by atoms with E-state index < -0.39 is 0 Å². The number of likely N-dealkylation sites (N-methyl/N-ethyl adjacent to an activating group) is 3. The number of aryl methyl sites for hydroxylation is 2. The zero-order chi connectivity index (χ0) is 48.0. The zero-order valence-electron chi connectivity index (χ0n) is 44.3. The fourth-order valence-electron chi connectivity index (χ4n) is 12.9. The third kappa shape index (κ3) is 16.2. The Kier molecular flexibility index (Phi) is 21.0. The van der Waals surface area contributed by atoms with Gasteiger partial charge in [0, 0.05) is 141 Å². The molecule has 0 bridgehead atoms. The minimum absolute atomic E-state index is 0.669. The normalized spacial score (nSPS) is 33.7. The van der Waals surface area contributed by atoms with Gasteiger partial charge in [-0.2, -0.15) is 0 Å². The topological polar surface area (TPSA) is 117 Å². The third-order valence-electron chi connectivity index (χ3n) is 17.3. The summed E-state index contributed by atoms with van der Waals surface area (Å²) in [4.78, 5) is 23.8. The number of nitrogens with one attached hydrogen (secondary N) is 2. The predicted molar refractivity (Wildman–Crippen MR) is 277 cm³/mol. The van der Waals surface area contributed by atoms with Gasteiger partial charge in [0.2, 0.25) is 0 Å². The molecule has 0 spiro atoms. The van der Waals surface area contributed by atoms with E-state index in [2.05, 4.69) is 116 Å². The second-order valence-electron chi connectivity index (χ2n) is 23.0. The van der Waals surface area contributed by atoms with Gasteiger partial charge in [-0.25, -0.2) is 4.98 Å². The van der Waals surface area contributed by atoms with Crippen molar-refractivity contribution in [1.82, 2.24) is 74.1 Å². The Morgan fingerprint density at radius 1 is 0.522 bits per heavy atom. The molecule has 8 unspecified atom stereocenters. The molecule has 10 saturated heterocycles. The average molecular weight is 964 g/mol. The van der Waals surface area contributed by atoms with Crippen molar-refractivity contribution in [1.29, 1.82) is 0 Å². The van der Waals surface area contributed by atoms with Crippen LogP contribution in [0.15, 0.2) is 18.7 Å². The number of imidazole rings is 1. The molecular formula is C52H97N15O2. The first-order valence-corrected chi connectivity index (χ1v) is 27.7. The van der Waals surface area contributed by atoms with E-state index in [9.17, 15) is 0 Å². The van der Waals surface area contributed by atoms with E-state index in [-0.39, 0.29) is 0 Å². The lowest BCUT2D eigenvalue weighted by Crippen LogP contribution is -2.56. The van der Waals surface area contributed by atoms with Crippen LogP contribution in [0.1, 0.15) is 56.6 Å². The summed E-state index contributed by atoms with van der Waals surface area (Å²) < 4.78 is 15.2. The number of ether oxygens (including phenoxy) is 2. The lowest BCUT2D eigenvalue weighted by atomic mass is 9.89. The second-order valence-corrected chi connectivity index (χ2v) is 23.0. The van der Waals surface area contributed by atoms with Crippen LogP contribution in [0.25, 0.3) is 0 Å². The quantitative estimate of drug-likeness (QED) is 0.399. The largest absolute Gasteiger partial charge is 0.381 e. The molecule has 69 heavy (non-hydrogen) atoms. The highest BCUT2D eigenvalue weighted by Gasteiger charge is 2.35. The highest BCUT2D eigenvalue weighted by Crippen LogP contribution is 2.29. The van der Waals surface area contributed by atoms with Gasteiger partial charge in [0.15, 0.2) is 0 Å². The number of nitrogens with zero attached hydrogens (tertiary/aromatic N) is 13. The molecule has 12 aliphatic heterocycles. The Bertz CT molecular complexity index is 1640. The number of rotatable bonds is 0. The Balaban J connectivity index is 0.000000109. The average Bonchev–Trinajstić information content (AvgIpc) is 4.22. The molecule has 17 heteroatoms. The van der Waals surface area contributed by atoms with Gasteiger partial charge in [0.1, 0.15) is 18.0 Å². The van der Waals surface area contributed by atoms with Gasteiger partial charge in [-0.05, 0) is 150 Å². The summed E-state index contributed by atoms with van der Waals surface area (Å²) in [6.45, 7) is 29.8. The van der Waals surface area contributed by atoms with Crippen molar-refractivity contribution in [3.05, 3.63) is 30.4 Å². The van der Waals surface area contributed by atoms with Crippen LogP contribution < -0.4 is 10.6 Å². The Hall–Kier alpha value is -2.13. The van der Waals surface area contributed by atoms with Crippen molar-refractivity contribution < 1.29 is 9.47 Å². The van der Waals surface area contributed by atoms with Crippen molar-refractivity contribution in [2.45, 2.75) is 89.1 Å². The van der Waals surface area contributed by atoms with E-state index in [1.54, 1.807) is 0 Å². The smallest absolute Gasteiger partial charge is 0.132 e. The van der Waals surface area contributed by atoms with Crippen molar-refractivity contribution in [2.75, 3.05) is 187 Å². The Morgan fingerprint density at radius 2 is 1.22 bits per heavy atom. The summed E-state index contributed by atoms with van der Waals surface area (Å²) >= 11 is 0. The van der Waals surface area contributed by atoms with Crippen LogP contribution in [0.3, 0.4) is 0 Å². The fourth-order valence-corrected chi connectivity index (χ4v) is 12.9.